The van der Waals surface area contributed by atoms with Gasteiger partial charge in [0.1, 0.15) is 0 Å². The highest BCUT2D eigenvalue weighted by Crippen LogP contribution is 1.88. The molecule has 0 rings (SSSR count). The number of allylic oxidation sites excluding steroid dienone is 1. The molecule has 0 fully saturated rings. The molecular weight excluding hydrogens is 92.1 g/mol. The first-order chi connectivity index (χ1) is 2.77. The van der Waals surface area contributed by atoms with Crippen molar-refractivity contribution in [3.63, 3.8) is 0 Å². The van der Waals surface area contributed by atoms with Crippen LogP contribution in [0.25, 0.3) is 0 Å². The van der Waals surface area contributed by atoms with Gasteiger partial charge in [0, 0.05) is 0 Å². The monoisotopic (exact) mass is 100 g/mol. The summed E-state index contributed by atoms with van der Waals surface area (Å²) in [5, 5.41) is 1.68. The molecule has 0 saturated carbocycles. The Hall–Kier alpha value is -0.170. The Morgan fingerprint density at radius 1 is 2.00 bits per heavy atom. The molecule has 0 aliphatic rings. The van der Waals surface area contributed by atoms with Gasteiger partial charge in [0.25, 0.3) is 0 Å². The lowest BCUT2D eigenvalue weighted by Gasteiger charge is -1.81. The van der Waals surface area contributed by atoms with E-state index in [2.05, 4.69) is 18.8 Å². The molecule has 0 N–H and O–H groups in total. The van der Waals surface area contributed by atoms with Crippen LogP contribution >= 0.6 is 12.2 Å². The molecule has 0 atom stereocenters. The molecule has 1 heteroatoms. The van der Waals surface area contributed by atoms with Gasteiger partial charge in [-0.1, -0.05) is 24.4 Å². The standard InChI is InChI=1S/C5H8S/c1-5(2)3-4-6/h4H,1,3H2,2H3. The highest BCUT2D eigenvalue weighted by Gasteiger charge is 1.72. The van der Waals surface area contributed by atoms with E-state index in [4.69, 9.17) is 0 Å². The molecule has 0 aromatic rings. The van der Waals surface area contributed by atoms with E-state index in [1.807, 2.05) is 6.92 Å². The minimum Gasteiger partial charge on any atom is -0.0998 e. The molecule has 0 aliphatic carbocycles. The maximum Gasteiger partial charge on any atom is -0.00391 e. The number of rotatable bonds is 2. The molecule has 0 unspecified atom stereocenters. The minimum atomic E-state index is 0.870. The second-order valence-electron chi connectivity index (χ2n) is 1.33. The average molecular weight is 100 g/mol. The topological polar surface area (TPSA) is 0 Å². The summed E-state index contributed by atoms with van der Waals surface area (Å²) < 4.78 is 0. The average Bonchev–Trinajstić information content (AvgIpc) is 1.35. The van der Waals surface area contributed by atoms with Gasteiger partial charge in [-0.2, -0.15) is 0 Å². The zero-order valence-corrected chi connectivity index (χ0v) is 4.72. The van der Waals surface area contributed by atoms with Gasteiger partial charge < -0.3 is 0 Å². The van der Waals surface area contributed by atoms with Crippen LogP contribution in [0.3, 0.4) is 0 Å². The first kappa shape index (κ1) is 5.83. The molecule has 0 spiro atoms. The van der Waals surface area contributed by atoms with Crippen molar-refractivity contribution in [2.45, 2.75) is 13.3 Å². The Balaban J connectivity index is 3.05. The highest BCUT2D eigenvalue weighted by molar-refractivity contribution is 7.79. The van der Waals surface area contributed by atoms with Gasteiger partial charge in [-0.05, 0) is 18.7 Å². The van der Waals surface area contributed by atoms with Crippen LogP contribution in [-0.2, 0) is 0 Å². The fraction of sp³-hybridized carbons (Fsp3) is 0.400. The molecule has 6 heavy (non-hydrogen) atoms. The van der Waals surface area contributed by atoms with Crippen molar-refractivity contribution in [2.75, 3.05) is 0 Å². The lowest BCUT2D eigenvalue weighted by Crippen LogP contribution is -1.68. The first-order valence-corrected chi connectivity index (χ1v) is 2.32. The predicted molar refractivity (Wildman–Crippen MR) is 33.1 cm³/mol. The number of hydrogen-bond donors (Lipinski definition) is 0. The smallest absolute Gasteiger partial charge is 0.00391 e. The molecule has 0 heterocycles. The summed E-state index contributed by atoms with van der Waals surface area (Å²) in [6.07, 6.45) is 0.870. The van der Waals surface area contributed by atoms with Crippen molar-refractivity contribution in [3.05, 3.63) is 12.2 Å². The Morgan fingerprint density at radius 2 is 2.50 bits per heavy atom. The van der Waals surface area contributed by atoms with E-state index in [0.29, 0.717) is 0 Å². The summed E-state index contributed by atoms with van der Waals surface area (Å²) in [7, 11) is 0. The van der Waals surface area contributed by atoms with Crippen LogP contribution in [0, 0.1) is 0 Å². The van der Waals surface area contributed by atoms with Gasteiger partial charge in [0.2, 0.25) is 0 Å². The fourth-order valence-electron chi connectivity index (χ4n) is 0.142. The van der Waals surface area contributed by atoms with Crippen molar-refractivity contribution in [1.82, 2.24) is 0 Å². The molecular formula is C5H8S. The SMILES string of the molecule is C=C(C)CC=S. The van der Waals surface area contributed by atoms with E-state index in [9.17, 15) is 0 Å². The molecule has 0 radical (unpaired) electrons. The third-order valence-electron chi connectivity index (χ3n) is 0.432. The molecule has 0 nitrogen and oxygen atoms in total. The van der Waals surface area contributed by atoms with Crippen molar-refractivity contribution in [1.29, 1.82) is 0 Å². The minimum absolute atomic E-state index is 0.870. The summed E-state index contributed by atoms with van der Waals surface area (Å²) >= 11 is 4.54. The quantitative estimate of drug-likeness (QED) is 0.377. The Bertz CT molecular complexity index is 64.3. The van der Waals surface area contributed by atoms with Gasteiger partial charge in [0.05, 0.1) is 0 Å². The number of thiocarbonyl (C=S) groups is 1. The van der Waals surface area contributed by atoms with Gasteiger partial charge in [-0.25, -0.2) is 0 Å². The Morgan fingerprint density at radius 3 is 2.50 bits per heavy atom. The molecule has 0 amide bonds. The van der Waals surface area contributed by atoms with Gasteiger partial charge in [-0.15, -0.1) is 0 Å². The van der Waals surface area contributed by atoms with E-state index in [-0.39, 0.29) is 0 Å². The van der Waals surface area contributed by atoms with Crippen molar-refractivity contribution in [3.8, 4) is 0 Å². The molecule has 0 aromatic carbocycles. The van der Waals surface area contributed by atoms with Crippen molar-refractivity contribution < 1.29 is 0 Å². The van der Waals surface area contributed by atoms with E-state index in [0.717, 1.165) is 12.0 Å². The summed E-state index contributed by atoms with van der Waals surface area (Å²) in [5.41, 5.74) is 1.13. The van der Waals surface area contributed by atoms with Crippen LogP contribution < -0.4 is 0 Å². The van der Waals surface area contributed by atoms with Gasteiger partial charge >= 0.3 is 0 Å². The van der Waals surface area contributed by atoms with E-state index < -0.39 is 0 Å². The summed E-state index contributed by atoms with van der Waals surface area (Å²) in [6, 6.07) is 0. The second kappa shape index (κ2) is 3.04. The Labute approximate surface area is 43.9 Å². The molecule has 0 aliphatic heterocycles. The summed E-state index contributed by atoms with van der Waals surface area (Å²) in [5.74, 6) is 0. The molecule has 0 aromatic heterocycles. The maximum absolute atomic E-state index is 4.54. The molecule has 0 saturated heterocycles. The van der Waals surface area contributed by atoms with Crippen molar-refractivity contribution in [2.24, 2.45) is 0 Å². The third kappa shape index (κ3) is 3.83. The predicted octanol–water partition coefficient (Wildman–Crippen LogP) is 1.95. The van der Waals surface area contributed by atoms with Crippen LogP contribution in [0.15, 0.2) is 12.2 Å². The van der Waals surface area contributed by atoms with Crippen LogP contribution in [0.5, 0.6) is 0 Å². The lowest BCUT2D eigenvalue weighted by molar-refractivity contribution is 1.33. The number of hydrogen-bond acceptors (Lipinski definition) is 1. The lowest BCUT2D eigenvalue weighted by atomic mass is 10.3. The first-order valence-electron chi connectivity index (χ1n) is 1.85. The van der Waals surface area contributed by atoms with Gasteiger partial charge in [-0.3, -0.25) is 0 Å². The van der Waals surface area contributed by atoms with Crippen LogP contribution in [0.1, 0.15) is 13.3 Å². The normalized spacial score (nSPS) is 7.50. The molecule has 34 valence electrons. The zero-order chi connectivity index (χ0) is 4.99. The van der Waals surface area contributed by atoms with Gasteiger partial charge in [0.15, 0.2) is 0 Å². The largest absolute Gasteiger partial charge is 0.0998 e. The zero-order valence-electron chi connectivity index (χ0n) is 3.90. The summed E-state index contributed by atoms with van der Waals surface area (Å²) in [4.78, 5) is 0. The van der Waals surface area contributed by atoms with Crippen LogP contribution in [-0.4, -0.2) is 5.37 Å². The van der Waals surface area contributed by atoms with E-state index >= 15 is 0 Å². The van der Waals surface area contributed by atoms with E-state index in [1.165, 1.54) is 0 Å². The van der Waals surface area contributed by atoms with Crippen LogP contribution in [0.2, 0.25) is 0 Å². The van der Waals surface area contributed by atoms with E-state index in [1.54, 1.807) is 5.37 Å². The Kier molecular flexibility index (Phi) is 2.95. The fourth-order valence-corrected chi connectivity index (χ4v) is 0.427. The highest BCUT2D eigenvalue weighted by atomic mass is 32.1. The maximum atomic E-state index is 4.54. The third-order valence-corrected chi connectivity index (χ3v) is 0.598. The van der Waals surface area contributed by atoms with Crippen molar-refractivity contribution >= 4 is 17.6 Å². The second-order valence-corrected chi connectivity index (χ2v) is 1.66. The van der Waals surface area contributed by atoms with Crippen LogP contribution in [0.4, 0.5) is 0 Å². The molecule has 0 bridgehead atoms. The summed E-state index contributed by atoms with van der Waals surface area (Å²) in [6.45, 7) is 5.61.